The Balaban J connectivity index is 2.09. The first-order chi connectivity index (χ1) is 9.97. The SMILES string of the molecule is Cc1cc(C)c(/C=N\NC(=O)c2ccc(O)cc2)c(C)c1. The average molecular weight is 282 g/mol. The second-order valence-corrected chi connectivity index (χ2v) is 5.06. The molecule has 0 unspecified atom stereocenters. The van der Waals surface area contributed by atoms with Crippen molar-refractivity contribution in [2.24, 2.45) is 5.10 Å². The topological polar surface area (TPSA) is 61.7 Å². The number of carbonyl (C=O) groups excluding carboxylic acids is 1. The van der Waals surface area contributed by atoms with Crippen molar-refractivity contribution < 1.29 is 9.90 Å². The minimum atomic E-state index is -0.311. The van der Waals surface area contributed by atoms with Crippen molar-refractivity contribution in [3.8, 4) is 5.75 Å². The molecule has 0 aromatic heterocycles. The van der Waals surface area contributed by atoms with Gasteiger partial charge in [0.2, 0.25) is 0 Å². The number of amides is 1. The summed E-state index contributed by atoms with van der Waals surface area (Å²) in [4.78, 5) is 11.9. The van der Waals surface area contributed by atoms with Crippen LogP contribution in [0.1, 0.15) is 32.6 Å². The summed E-state index contributed by atoms with van der Waals surface area (Å²) in [5, 5.41) is 13.2. The maximum Gasteiger partial charge on any atom is 0.271 e. The van der Waals surface area contributed by atoms with Crippen molar-refractivity contribution in [1.82, 2.24) is 5.43 Å². The molecular formula is C17H18N2O2. The molecule has 2 rings (SSSR count). The second kappa shape index (κ2) is 6.22. The normalized spacial score (nSPS) is 10.8. The first kappa shape index (κ1) is 14.8. The molecule has 0 saturated heterocycles. The number of phenols is 1. The Morgan fingerprint density at radius 1 is 1.10 bits per heavy atom. The van der Waals surface area contributed by atoms with Crippen LogP contribution >= 0.6 is 0 Å². The van der Waals surface area contributed by atoms with Crippen LogP contribution in [-0.2, 0) is 0 Å². The van der Waals surface area contributed by atoms with Crippen molar-refractivity contribution in [2.75, 3.05) is 0 Å². The third-order valence-electron chi connectivity index (χ3n) is 3.23. The Hall–Kier alpha value is -2.62. The van der Waals surface area contributed by atoms with Crippen LogP contribution in [-0.4, -0.2) is 17.2 Å². The van der Waals surface area contributed by atoms with E-state index >= 15 is 0 Å². The summed E-state index contributed by atoms with van der Waals surface area (Å²) < 4.78 is 0. The van der Waals surface area contributed by atoms with Gasteiger partial charge in [-0.3, -0.25) is 4.79 Å². The number of nitrogens with one attached hydrogen (secondary N) is 1. The molecule has 0 fully saturated rings. The first-order valence-corrected chi connectivity index (χ1v) is 6.67. The van der Waals surface area contributed by atoms with Gasteiger partial charge >= 0.3 is 0 Å². The molecule has 0 bridgehead atoms. The van der Waals surface area contributed by atoms with E-state index in [0.29, 0.717) is 5.56 Å². The van der Waals surface area contributed by atoms with Crippen LogP contribution in [0.5, 0.6) is 5.75 Å². The molecule has 0 radical (unpaired) electrons. The van der Waals surface area contributed by atoms with Crippen LogP contribution in [0.2, 0.25) is 0 Å². The van der Waals surface area contributed by atoms with Crippen molar-refractivity contribution >= 4 is 12.1 Å². The largest absolute Gasteiger partial charge is 0.508 e. The second-order valence-electron chi connectivity index (χ2n) is 5.06. The number of carbonyl (C=O) groups is 1. The number of benzene rings is 2. The maximum atomic E-state index is 11.9. The number of aryl methyl sites for hydroxylation is 3. The molecule has 0 saturated carbocycles. The van der Waals surface area contributed by atoms with Gasteiger partial charge in [-0.1, -0.05) is 17.7 Å². The van der Waals surface area contributed by atoms with Gasteiger partial charge in [0.15, 0.2) is 0 Å². The van der Waals surface area contributed by atoms with Crippen LogP contribution in [0, 0.1) is 20.8 Å². The molecule has 0 aliphatic rings. The van der Waals surface area contributed by atoms with Crippen LogP contribution < -0.4 is 5.43 Å². The molecule has 4 heteroatoms. The van der Waals surface area contributed by atoms with E-state index in [1.54, 1.807) is 18.3 Å². The Morgan fingerprint density at radius 2 is 1.67 bits per heavy atom. The third-order valence-corrected chi connectivity index (χ3v) is 3.23. The van der Waals surface area contributed by atoms with E-state index in [1.165, 1.54) is 17.7 Å². The lowest BCUT2D eigenvalue weighted by Gasteiger charge is -2.06. The van der Waals surface area contributed by atoms with E-state index in [1.807, 2.05) is 20.8 Å². The predicted octanol–water partition coefficient (Wildman–Crippen LogP) is 3.08. The number of hydrogen-bond acceptors (Lipinski definition) is 3. The summed E-state index contributed by atoms with van der Waals surface area (Å²) >= 11 is 0. The van der Waals surface area contributed by atoms with Crippen molar-refractivity contribution in [1.29, 1.82) is 0 Å². The van der Waals surface area contributed by atoms with Crippen LogP contribution in [0.4, 0.5) is 0 Å². The van der Waals surface area contributed by atoms with Crippen molar-refractivity contribution in [3.63, 3.8) is 0 Å². The standard InChI is InChI=1S/C17H18N2O2/c1-11-8-12(2)16(13(3)9-11)10-18-19-17(21)14-4-6-15(20)7-5-14/h4-10,20H,1-3H3,(H,19,21)/b18-10-. The summed E-state index contributed by atoms with van der Waals surface area (Å²) in [6, 6.07) is 10.2. The minimum absolute atomic E-state index is 0.126. The van der Waals surface area contributed by atoms with Gasteiger partial charge in [0, 0.05) is 11.1 Å². The zero-order chi connectivity index (χ0) is 15.4. The predicted molar refractivity (Wildman–Crippen MR) is 83.8 cm³/mol. The average Bonchev–Trinajstić information content (AvgIpc) is 2.42. The summed E-state index contributed by atoms with van der Waals surface area (Å²) in [6.07, 6.45) is 1.66. The fourth-order valence-electron chi connectivity index (χ4n) is 2.23. The highest BCUT2D eigenvalue weighted by Crippen LogP contribution is 2.14. The highest BCUT2D eigenvalue weighted by atomic mass is 16.3. The lowest BCUT2D eigenvalue weighted by Crippen LogP contribution is -2.17. The van der Waals surface area contributed by atoms with Crippen LogP contribution in [0.3, 0.4) is 0 Å². The van der Waals surface area contributed by atoms with E-state index in [9.17, 15) is 9.90 Å². The fraction of sp³-hybridized carbons (Fsp3) is 0.176. The number of aromatic hydroxyl groups is 1. The minimum Gasteiger partial charge on any atom is -0.508 e. The molecule has 0 heterocycles. The fourth-order valence-corrected chi connectivity index (χ4v) is 2.23. The lowest BCUT2D eigenvalue weighted by molar-refractivity contribution is 0.0955. The van der Waals surface area contributed by atoms with Gasteiger partial charge in [0.25, 0.3) is 5.91 Å². The smallest absolute Gasteiger partial charge is 0.271 e. The first-order valence-electron chi connectivity index (χ1n) is 6.67. The monoisotopic (exact) mass is 282 g/mol. The van der Waals surface area contributed by atoms with E-state index in [-0.39, 0.29) is 11.7 Å². The van der Waals surface area contributed by atoms with Gasteiger partial charge in [-0.2, -0.15) is 5.10 Å². The van der Waals surface area contributed by atoms with Gasteiger partial charge in [0.05, 0.1) is 6.21 Å². The summed E-state index contributed by atoms with van der Waals surface area (Å²) in [5.74, 6) is -0.186. The molecule has 108 valence electrons. The van der Waals surface area contributed by atoms with E-state index in [2.05, 4.69) is 22.7 Å². The molecule has 0 aliphatic carbocycles. The van der Waals surface area contributed by atoms with E-state index in [4.69, 9.17) is 0 Å². The van der Waals surface area contributed by atoms with Gasteiger partial charge in [-0.25, -0.2) is 5.43 Å². The summed E-state index contributed by atoms with van der Waals surface area (Å²) in [6.45, 7) is 6.08. The highest BCUT2D eigenvalue weighted by molar-refractivity contribution is 5.95. The molecule has 0 spiro atoms. The Morgan fingerprint density at radius 3 is 2.24 bits per heavy atom. The Kier molecular flexibility index (Phi) is 4.38. The molecular weight excluding hydrogens is 264 g/mol. The van der Waals surface area contributed by atoms with Crippen molar-refractivity contribution in [3.05, 3.63) is 64.2 Å². The molecule has 1 amide bonds. The Bertz CT molecular complexity index is 665. The molecule has 0 aliphatic heterocycles. The van der Waals surface area contributed by atoms with Gasteiger partial charge < -0.3 is 5.11 Å². The van der Waals surface area contributed by atoms with E-state index < -0.39 is 0 Å². The highest BCUT2D eigenvalue weighted by Gasteiger charge is 2.04. The summed E-state index contributed by atoms with van der Waals surface area (Å²) in [7, 11) is 0. The molecule has 2 N–H and O–H groups in total. The number of nitrogens with zero attached hydrogens (tertiary/aromatic N) is 1. The molecule has 2 aromatic carbocycles. The molecule has 0 atom stereocenters. The molecule has 2 aromatic rings. The third kappa shape index (κ3) is 3.69. The van der Waals surface area contributed by atoms with Crippen LogP contribution in [0.25, 0.3) is 0 Å². The number of hydrogen-bond donors (Lipinski definition) is 2. The lowest BCUT2D eigenvalue weighted by atomic mass is 10.0. The quantitative estimate of drug-likeness (QED) is 0.671. The number of hydrazone groups is 1. The molecule has 21 heavy (non-hydrogen) atoms. The van der Waals surface area contributed by atoms with Gasteiger partial charge in [0.1, 0.15) is 5.75 Å². The van der Waals surface area contributed by atoms with Crippen LogP contribution in [0.15, 0.2) is 41.5 Å². The number of phenolic OH excluding ortho intramolecular Hbond substituents is 1. The zero-order valence-corrected chi connectivity index (χ0v) is 12.3. The number of rotatable bonds is 3. The Labute approximate surface area is 124 Å². The molecule has 4 nitrogen and oxygen atoms in total. The van der Waals surface area contributed by atoms with Gasteiger partial charge in [-0.15, -0.1) is 0 Å². The van der Waals surface area contributed by atoms with Crippen molar-refractivity contribution in [2.45, 2.75) is 20.8 Å². The summed E-state index contributed by atoms with van der Waals surface area (Å²) in [5.41, 5.74) is 7.38. The van der Waals surface area contributed by atoms with Gasteiger partial charge in [-0.05, 0) is 56.2 Å². The van der Waals surface area contributed by atoms with E-state index in [0.717, 1.165) is 16.7 Å². The zero-order valence-electron chi connectivity index (χ0n) is 12.3. The maximum absolute atomic E-state index is 11.9.